The number of hydrogen-bond donors (Lipinski definition) is 2. The fraction of sp³-hybridized carbons (Fsp3) is 0.263. The van der Waals surface area contributed by atoms with Crippen LogP contribution in [0.15, 0.2) is 54.6 Å². The number of amides is 2. The summed E-state index contributed by atoms with van der Waals surface area (Å²) in [6.07, 6.45) is 0.259. The first-order chi connectivity index (χ1) is 11.1. The average Bonchev–Trinajstić information content (AvgIpc) is 2.56. The highest BCUT2D eigenvalue weighted by molar-refractivity contribution is 5.95. The minimum atomic E-state index is -0.146. The van der Waals surface area contributed by atoms with Crippen LogP contribution in [0.25, 0.3) is 0 Å². The third-order valence-electron chi connectivity index (χ3n) is 3.70. The van der Waals surface area contributed by atoms with Gasteiger partial charge in [-0.3, -0.25) is 9.59 Å². The van der Waals surface area contributed by atoms with E-state index >= 15 is 0 Å². The van der Waals surface area contributed by atoms with E-state index < -0.39 is 0 Å². The zero-order chi connectivity index (χ0) is 16.7. The SMILES string of the molecule is Cc1ccccc1C(=O)NCCC(=O)N[C@H](C)c1ccccc1. The van der Waals surface area contributed by atoms with Crippen LogP contribution in [0, 0.1) is 6.92 Å². The third kappa shape index (κ3) is 4.95. The summed E-state index contributed by atoms with van der Waals surface area (Å²) < 4.78 is 0. The molecule has 2 aromatic carbocycles. The molecule has 2 N–H and O–H groups in total. The van der Waals surface area contributed by atoms with Crippen LogP contribution in [0.2, 0.25) is 0 Å². The normalized spacial score (nSPS) is 11.6. The molecular formula is C19H22N2O2. The smallest absolute Gasteiger partial charge is 0.251 e. The lowest BCUT2D eigenvalue weighted by Gasteiger charge is -2.14. The van der Waals surface area contributed by atoms with E-state index in [1.807, 2.05) is 62.4 Å². The van der Waals surface area contributed by atoms with Gasteiger partial charge in [0.1, 0.15) is 0 Å². The van der Waals surface area contributed by atoms with Crippen molar-refractivity contribution in [2.45, 2.75) is 26.3 Å². The van der Waals surface area contributed by atoms with E-state index in [0.717, 1.165) is 11.1 Å². The topological polar surface area (TPSA) is 58.2 Å². The van der Waals surface area contributed by atoms with Gasteiger partial charge >= 0.3 is 0 Å². The monoisotopic (exact) mass is 310 g/mol. The van der Waals surface area contributed by atoms with Gasteiger partial charge in [-0.05, 0) is 31.0 Å². The Hall–Kier alpha value is -2.62. The van der Waals surface area contributed by atoms with Crippen LogP contribution < -0.4 is 10.6 Å². The Labute approximate surface area is 136 Å². The molecule has 0 aliphatic rings. The van der Waals surface area contributed by atoms with E-state index in [0.29, 0.717) is 12.1 Å². The number of carbonyl (C=O) groups is 2. The molecule has 0 heterocycles. The first-order valence-corrected chi connectivity index (χ1v) is 7.76. The fourth-order valence-corrected chi connectivity index (χ4v) is 2.35. The lowest BCUT2D eigenvalue weighted by atomic mass is 10.1. The van der Waals surface area contributed by atoms with E-state index in [9.17, 15) is 9.59 Å². The molecule has 0 aromatic heterocycles. The van der Waals surface area contributed by atoms with Gasteiger partial charge < -0.3 is 10.6 Å². The van der Waals surface area contributed by atoms with Crippen molar-refractivity contribution < 1.29 is 9.59 Å². The van der Waals surface area contributed by atoms with E-state index in [4.69, 9.17) is 0 Å². The highest BCUT2D eigenvalue weighted by atomic mass is 16.2. The molecule has 0 unspecified atom stereocenters. The predicted molar refractivity (Wildman–Crippen MR) is 91.1 cm³/mol. The van der Waals surface area contributed by atoms with Gasteiger partial charge in [-0.1, -0.05) is 48.5 Å². The zero-order valence-corrected chi connectivity index (χ0v) is 13.5. The molecule has 120 valence electrons. The number of benzene rings is 2. The van der Waals surface area contributed by atoms with Crippen molar-refractivity contribution in [3.05, 3.63) is 71.3 Å². The molecule has 0 bridgehead atoms. The molecule has 0 saturated heterocycles. The number of carbonyl (C=O) groups excluding carboxylic acids is 2. The number of aryl methyl sites for hydroxylation is 1. The second-order valence-electron chi connectivity index (χ2n) is 5.52. The standard InChI is InChI=1S/C19H22N2O2/c1-14-8-6-7-11-17(14)19(23)20-13-12-18(22)21-15(2)16-9-4-3-5-10-16/h3-11,15H,12-13H2,1-2H3,(H,20,23)(H,21,22)/t15-/m1/s1. The van der Waals surface area contributed by atoms with Crippen molar-refractivity contribution in [1.82, 2.24) is 10.6 Å². The molecule has 2 amide bonds. The van der Waals surface area contributed by atoms with E-state index in [1.165, 1.54) is 0 Å². The Kier molecular flexibility index (Phi) is 5.92. The Morgan fingerprint density at radius 3 is 2.35 bits per heavy atom. The second-order valence-corrected chi connectivity index (χ2v) is 5.52. The fourth-order valence-electron chi connectivity index (χ4n) is 2.35. The van der Waals surface area contributed by atoms with Gasteiger partial charge in [-0.2, -0.15) is 0 Å². The molecule has 1 atom stereocenters. The molecule has 0 aliphatic heterocycles. The lowest BCUT2D eigenvalue weighted by molar-refractivity contribution is -0.121. The summed E-state index contributed by atoms with van der Waals surface area (Å²) in [4.78, 5) is 24.0. The maximum Gasteiger partial charge on any atom is 0.251 e. The maximum atomic E-state index is 12.0. The Balaban J connectivity index is 1.77. The van der Waals surface area contributed by atoms with E-state index in [1.54, 1.807) is 6.07 Å². The van der Waals surface area contributed by atoms with Gasteiger partial charge in [-0.25, -0.2) is 0 Å². The van der Waals surface area contributed by atoms with Crippen molar-refractivity contribution in [2.75, 3.05) is 6.54 Å². The summed E-state index contributed by atoms with van der Waals surface area (Å²) in [5.41, 5.74) is 2.63. The minimum absolute atomic E-state index is 0.0456. The molecule has 0 fully saturated rings. The minimum Gasteiger partial charge on any atom is -0.352 e. The quantitative estimate of drug-likeness (QED) is 0.861. The van der Waals surface area contributed by atoms with Gasteiger partial charge in [0.15, 0.2) is 0 Å². The first kappa shape index (κ1) is 16.7. The predicted octanol–water partition coefficient (Wildman–Crippen LogP) is 2.99. The summed E-state index contributed by atoms with van der Waals surface area (Å²) in [5, 5.41) is 5.71. The molecule has 2 aromatic rings. The Morgan fingerprint density at radius 1 is 1.00 bits per heavy atom. The molecule has 0 aliphatic carbocycles. The second kappa shape index (κ2) is 8.13. The van der Waals surface area contributed by atoms with Crippen molar-refractivity contribution in [2.24, 2.45) is 0 Å². The van der Waals surface area contributed by atoms with Gasteiger partial charge in [-0.15, -0.1) is 0 Å². The van der Waals surface area contributed by atoms with Gasteiger partial charge in [0.2, 0.25) is 5.91 Å². The van der Waals surface area contributed by atoms with Crippen LogP contribution in [0.1, 0.15) is 40.9 Å². The molecule has 2 rings (SSSR count). The Bertz CT molecular complexity index is 668. The molecule has 0 spiro atoms. The molecule has 23 heavy (non-hydrogen) atoms. The third-order valence-corrected chi connectivity index (χ3v) is 3.70. The number of hydrogen-bond acceptors (Lipinski definition) is 2. The summed E-state index contributed by atoms with van der Waals surface area (Å²) in [6.45, 7) is 4.16. The summed E-state index contributed by atoms with van der Waals surface area (Å²) >= 11 is 0. The summed E-state index contributed by atoms with van der Waals surface area (Å²) in [7, 11) is 0. The van der Waals surface area contributed by atoms with Crippen LogP contribution in [0.4, 0.5) is 0 Å². The first-order valence-electron chi connectivity index (χ1n) is 7.76. The zero-order valence-electron chi connectivity index (χ0n) is 13.5. The van der Waals surface area contributed by atoms with Crippen molar-refractivity contribution in [1.29, 1.82) is 0 Å². The molecule has 4 nitrogen and oxygen atoms in total. The van der Waals surface area contributed by atoms with Crippen LogP contribution >= 0.6 is 0 Å². The van der Waals surface area contributed by atoms with Crippen LogP contribution in [0.5, 0.6) is 0 Å². The molecule has 4 heteroatoms. The van der Waals surface area contributed by atoms with Crippen molar-refractivity contribution >= 4 is 11.8 Å². The number of rotatable bonds is 6. The van der Waals surface area contributed by atoms with Gasteiger partial charge in [0, 0.05) is 18.5 Å². The Morgan fingerprint density at radius 2 is 1.65 bits per heavy atom. The van der Waals surface area contributed by atoms with E-state index in [-0.39, 0.29) is 24.3 Å². The largest absolute Gasteiger partial charge is 0.352 e. The van der Waals surface area contributed by atoms with Crippen LogP contribution in [-0.2, 0) is 4.79 Å². The lowest BCUT2D eigenvalue weighted by Crippen LogP contribution is -2.32. The molecule has 0 saturated carbocycles. The molecule has 0 radical (unpaired) electrons. The van der Waals surface area contributed by atoms with Gasteiger partial charge in [0.05, 0.1) is 6.04 Å². The average molecular weight is 310 g/mol. The van der Waals surface area contributed by atoms with Crippen molar-refractivity contribution in [3.63, 3.8) is 0 Å². The molecular weight excluding hydrogens is 288 g/mol. The highest BCUT2D eigenvalue weighted by Crippen LogP contribution is 2.11. The maximum absolute atomic E-state index is 12.0. The van der Waals surface area contributed by atoms with Gasteiger partial charge in [0.25, 0.3) is 5.91 Å². The highest BCUT2D eigenvalue weighted by Gasteiger charge is 2.11. The summed E-state index contributed by atoms with van der Waals surface area (Å²) in [5.74, 6) is -0.224. The summed E-state index contributed by atoms with van der Waals surface area (Å²) in [6, 6.07) is 17.1. The van der Waals surface area contributed by atoms with Crippen LogP contribution in [-0.4, -0.2) is 18.4 Å². The van der Waals surface area contributed by atoms with Crippen molar-refractivity contribution in [3.8, 4) is 0 Å². The van der Waals surface area contributed by atoms with Crippen LogP contribution in [0.3, 0.4) is 0 Å². The number of nitrogens with one attached hydrogen (secondary N) is 2. The van der Waals surface area contributed by atoms with E-state index in [2.05, 4.69) is 10.6 Å².